The number of benzene rings is 1. The van der Waals surface area contributed by atoms with Crippen molar-refractivity contribution in [1.82, 2.24) is 4.90 Å². The predicted octanol–water partition coefficient (Wildman–Crippen LogP) is 3.00. The Morgan fingerprint density at radius 2 is 2.15 bits per heavy atom. The number of ether oxygens (including phenoxy) is 1. The molecule has 0 spiro atoms. The fourth-order valence-electron chi connectivity index (χ4n) is 2.37. The molecule has 1 fully saturated rings. The minimum absolute atomic E-state index is 0.542. The van der Waals surface area contributed by atoms with Crippen LogP contribution >= 0.6 is 15.9 Å². The Kier molecular flexibility index (Phi) is 5.29. The summed E-state index contributed by atoms with van der Waals surface area (Å²) in [6.07, 6.45) is 2.38. The lowest BCUT2D eigenvalue weighted by atomic mass is 10.00. The summed E-state index contributed by atoms with van der Waals surface area (Å²) in [5.41, 5.74) is 7.13. The lowest BCUT2D eigenvalue weighted by Crippen LogP contribution is -2.42. The summed E-state index contributed by atoms with van der Waals surface area (Å²) in [6, 6.07) is 5.92. The zero-order valence-electron chi connectivity index (χ0n) is 12.1. The van der Waals surface area contributed by atoms with Crippen molar-refractivity contribution in [3.8, 4) is 5.75 Å². The van der Waals surface area contributed by atoms with Crippen LogP contribution in [0.3, 0.4) is 0 Å². The number of nitrogens with zero attached hydrogens (tertiary/aromatic N) is 2. The maximum Gasteiger partial charge on any atom is 0.191 e. The van der Waals surface area contributed by atoms with Gasteiger partial charge in [-0.3, -0.25) is 0 Å². The van der Waals surface area contributed by atoms with Gasteiger partial charge in [-0.2, -0.15) is 0 Å². The third-order valence-electron chi connectivity index (χ3n) is 3.76. The Morgan fingerprint density at radius 1 is 1.45 bits per heavy atom. The van der Waals surface area contributed by atoms with Gasteiger partial charge in [0.2, 0.25) is 0 Å². The second-order valence-electron chi connectivity index (χ2n) is 5.30. The largest absolute Gasteiger partial charge is 0.496 e. The van der Waals surface area contributed by atoms with Crippen LogP contribution in [0.1, 0.15) is 25.3 Å². The molecular formula is C15H22BrN3O. The van der Waals surface area contributed by atoms with E-state index in [0.717, 1.165) is 34.8 Å². The Morgan fingerprint density at radius 3 is 2.80 bits per heavy atom. The first-order chi connectivity index (χ1) is 9.60. The van der Waals surface area contributed by atoms with E-state index in [2.05, 4.69) is 32.7 Å². The zero-order valence-corrected chi connectivity index (χ0v) is 13.7. The molecule has 0 bridgehead atoms. The second kappa shape index (κ2) is 6.97. The highest BCUT2D eigenvalue weighted by atomic mass is 79.9. The fraction of sp³-hybridized carbons (Fsp3) is 0.533. The quantitative estimate of drug-likeness (QED) is 0.680. The van der Waals surface area contributed by atoms with Crippen molar-refractivity contribution in [2.75, 3.05) is 20.2 Å². The smallest absolute Gasteiger partial charge is 0.191 e. The van der Waals surface area contributed by atoms with E-state index in [1.807, 2.05) is 18.2 Å². The summed E-state index contributed by atoms with van der Waals surface area (Å²) in [4.78, 5) is 6.68. The number of aliphatic imine (C=N–C) groups is 1. The van der Waals surface area contributed by atoms with Crippen molar-refractivity contribution >= 4 is 21.9 Å². The Hall–Kier alpha value is -1.23. The number of piperidine rings is 1. The molecule has 1 saturated heterocycles. The molecule has 0 atom stereocenters. The Bertz CT molecular complexity index is 482. The summed E-state index contributed by atoms with van der Waals surface area (Å²) in [5, 5.41) is 0. The molecule has 20 heavy (non-hydrogen) atoms. The lowest BCUT2D eigenvalue weighted by molar-refractivity contribution is 0.277. The first-order valence-corrected chi connectivity index (χ1v) is 7.76. The third kappa shape index (κ3) is 3.88. The highest BCUT2D eigenvalue weighted by Gasteiger charge is 2.17. The molecule has 1 heterocycles. The van der Waals surface area contributed by atoms with Gasteiger partial charge in [0.05, 0.1) is 13.7 Å². The molecule has 0 amide bonds. The molecule has 4 nitrogen and oxygen atoms in total. The summed E-state index contributed by atoms with van der Waals surface area (Å²) >= 11 is 3.47. The van der Waals surface area contributed by atoms with Crippen LogP contribution in [0.15, 0.2) is 27.7 Å². The van der Waals surface area contributed by atoms with Gasteiger partial charge in [-0.05, 0) is 37.0 Å². The van der Waals surface area contributed by atoms with E-state index < -0.39 is 0 Å². The third-order valence-corrected chi connectivity index (χ3v) is 4.25. The van der Waals surface area contributed by atoms with Gasteiger partial charge in [0.1, 0.15) is 5.75 Å². The Balaban J connectivity index is 2.03. The van der Waals surface area contributed by atoms with E-state index in [4.69, 9.17) is 10.5 Å². The monoisotopic (exact) mass is 339 g/mol. The van der Waals surface area contributed by atoms with E-state index >= 15 is 0 Å². The van der Waals surface area contributed by atoms with E-state index in [9.17, 15) is 0 Å². The minimum Gasteiger partial charge on any atom is -0.496 e. The van der Waals surface area contributed by atoms with Gasteiger partial charge in [-0.15, -0.1) is 0 Å². The van der Waals surface area contributed by atoms with Gasteiger partial charge in [0.25, 0.3) is 0 Å². The standard InChI is InChI=1S/C15H22BrN3O/c1-11-5-7-19(8-6-11)15(17)18-10-12-9-13(16)3-4-14(12)20-2/h3-4,9,11H,5-8,10H2,1-2H3,(H2,17,18). The number of nitrogens with two attached hydrogens (primary N) is 1. The van der Waals surface area contributed by atoms with Crippen LogP contribution in [0.5, 0.6) is 5.75 Å². The average Bonchev–Trinajstić information content (AvgIpc) is 2.45. The van der Waals surface area contributed by atoms with Crippen LogP contribution in [-0.4, -0.2) is 31.1 Å². The van der Waals surface area contributed by atoms with Gasteiger partial charge in [0, 0.05) is 23.1 Å². The van der Waals surface area contributed by atoms with Gasteiger partial charge in [-0.1, -0.05) is 22.9 Å². The number of methoxy groups -OCH3 is 1. The van der Waals surface area contributed by atoms with Crippen molar-refractivity contribution in [2.24, 2.45) is 16.6 Å². The van der Waals surface area contributed by atoms with Crippen LogP contribution < -0.4 is 10.5 Å². The highest BCUT2D eigenvalue weighted by molar-refractivity contribution is 9.10. The lowest BCUT2D eigenvalue weighted by Gasteiger charge is -2.31. The molecule has 1 aromatic rings. The predicted molar refractivity (Wildman–Crippen MR) is 86.0 cm³/mol. The molecule has 1 aliphatic heterocycles. The van der Waals surface area contributed by atoms with E-state index in [1.54, 1.807) is 7.11 Å². The number of likely N-dealkylation sites (tertiary alicyclic amines) is 1. The van der Waals surface area contributed by atoms with Gasteiger partial charge in [-0.25, -0.2) is 4.99 Å². The molecule has 2 rings (SSSR count). The molecule has 0 aromatic heterocycles. The maximum absolute atomic E-state index is 6.09. The summed E-state index contributed by atoms with van der Waals surface area (Å²) < 4.78 is 6.37. The molecule has 0 aliphatic carbocycles. The van der Waals surface area contributed by atoms with E-state index in [-0.39, 0.29) is 0 Å². The van der Waals surface area contributed by atoms with Gasteiger partial charge in [0.15, 0.2) is 5.96 Å². The van der Waals surface area contributed by atoms with Crippen molar-refractivity contribution in [1.29, 1.82) is 0 Å². The first-order valence-electron chi connectivity index (χ1n) is 6.97. The van der Waals surface area contributed by atoms with Crippen molar-refractivity contribution < 1.29 is 4.74 Å². The number of hydrogen-bond donors (Lipinski definition) is 1. The van der Waals surface area contributed by atoms with Crippen LogP contribution in [0, 0.1) is 5.92 Å². The van der Waals surface area contributed by atoms with E-state index in [1.165, 1.54) is 12.8 Å². The minimum atomic E-state index is 0.542. The van der Waals surface area contributed by atoms with Crippen LogP contribution in [0.4, 0.5) is 0 Å². The molecule has 0 saturated carbocycles. The average molecular weight is 340 g/mol. The molecule has 0 radical (unpaired) electrons. The number of halogens is 1. The van der Waals surface area contributed by atoms with Crippen LogP contribution in [0.25, 0.3) is 0 Å². The van der Waals surface area contributed by atoms with Crippen LogP contribution in [-0.2, 0) is 6.54 Å². The van der Waals surface area contributed by atoms with Crippen molar-refractivity contribution in [2.45, 2.75) is 26.3 Å². The number of rotatable bonds is 3. The first kappa shape index (κ1) is 15.2. The van der Waals surface area contributed by atoms with Gasteiger partial charge >= 0.3 is 0 Å². The summed E-state index contributed by atoms with van der Waals surface area (Å²) in [5.74, 6) is 2.28. The van der Waals surface area contributed by atoms with Crippen molar-refractivity contribution in [3.63, 3.8) is 0 Å². The van der Waals surface area contributed by atoms with Gasteiger partial charge < -0.3 is 15.4 Å². The number of guanidine groups is 1. The summed E-state index contributed by atoms with van der Waals surface area (Å²) in [6.45, 7) is 4.84. The van der Waals surface area contributed by atoms with E-state index in [0.29, 0.717) is 12.5 Å². The number of hydrogen-bond acceptors (Lipinski definition) is 2. The van der Waals surface area contributed by atoms with Crippen molar-refractivity contribution in [3.05, 3.63) is 28.2 Å². The molecule has 5 heteroatoms. The fourth-order valence-corrected chi connectivity index (χ4v) is 2.78. The topological polar surface area (TPSA) is 50.9 Å². The van der Waals surface area contributed by atoms with Crippen LogP contribution in [0.2, 0.25) is 0 Å². The maximum atomic E-state index is 6.09. The molecule has 110 valence electrons. The summed E-state index contributed by atoms with van der Waals surface area (Å²) in [7, 11) is 1.67. The molecule has 2 N–H and O–H groups in total. The SMILES string of the molecule is COc1ccc(Br)cc1CN=C(N)N1CCC(C)CC1. The highest BCUT2D eigenvalue weighted by Crippen LogP contribution is 2.24. The molecular weight excluding hydrogens is 318 g/mol. The Labute approximate surface area is 129 Å². The molecule has 1 aromatic carbocycles. The second-order valence-corrected chi connectivity index (χ2v) is 6.22. The molecule has 0 unspecified atom stereocenters. The normalized spacial score (nSPS) is 17.4. The molecule has 1 aliphatic rings. The zero-order chi connectivity index (χ0) is 14.5.